The van der Waals surface area contributed by atoms with Crippen LogP contribution in [0.15, 0.2) is 10.2 Å². The van der Waals surface area contributed by atoms with Crippen LogP contribution in [0.25, 0.3) is 11.1 Å². The molecule has 0 fully saturated rings. The molecule has 0 spiro atoms. The number of nitrogens with zero attached hydrogens (tertiary/aromatic N) is 4. The molecule has 15 nitrogen and oxygen atoms in total. The van der Waals surface area contributed by atoms with Crippen molar-refractivity contribution in [1.82, 2.24) is 10.6 Å². The number of ketones is 2. The van der Waals surface area contributed by atoms with E-state index in [1.807, 2.05) is 0 Å². The molecule has 2 amide bonds. The smallest absolute Gasteiger partial charge is 0.326 e. The van der Waals surface area contributed by atoms with E-state index in [-0.39, 0.29) is 38.5 Å². The Morgan fingerprint density at radius 2 is 1.25 bits per heavy atom. The van der Waals surface area contributed by atoms with Gasteiger partial charge in [0.25, 0.3) is 0 Å². The monoisotopic (exact) mass is 455 g/mol. The van der Waals surface area contributed by atoms with E-state index in [0.29, 0.717) is 0 Å². The predicted molar refractivity (Wildman–Crippen MR) is 106 cm³/mol. The molecule has 0 aromatic carbocycles. The van der Waals surface area contributed by atoms with Crippen molar-refractivity contribution in [2.75, 3.05) is 13.1 Å². The molecule has 0 aromatic heterocycles. The summed E-state index contributed by atoms with van der Waals surface area (Å²) in [6, 6.07) is -4.18. The summed E-state index contributed by atoms with van der Waals surface area (Å²) in [7, 11) is 0. The third-order valence-electron chi connectivity index (χ3n) is 4.18. The van der Waals surface area contributed by atoms with Crippen LogP contribution in [0.2, 0.25) is 0 Å². The Morgan fingerprint density at radius 1 is 0.750 bits per heavy atom. The van der Waals surface area contributed by atoms with Gasteiger partial charge in [-0.2, -0.15) is 0 Å². The van der Waals surface area contributed by atoms with Crippen molar-refractivity contribution < 1.29 is 39.0 Å². The molecule has 0 unspecified atom stereocenters. The summed E-state index contributed by atoms with van der Waals surface area (Å²) < 4.78 is 0. The van der Waals surface area contributed by atoms with Crippen molar-refractivity contribution in [2.24, 2.45) is 16.0 Å². The fourth-order valence-electron chi connectivity index (χ4n) is 2.40. The molecular weight excluding hydrogens is 430 g/mol. The van der Waals surface area contributed by atoms with E-state index in [4.69, 9.17) is 21.9 Å². The molecule has 0 aromatic rings. The number of aliphatic carboxylic acids is 2. The van der Waals surface area contributed by atoms with Gasteiger partial charge < -0.3 is 47.9 Å². The molecule has 0 aliphatic heterocycles. The lowest BCUT2D eigenvalue weighted by Crippen LogP contribution is -2.52. The molecule has 178 valence electrons. The third kappa shape index (κ3) is 12.2. The zero-order valence-corrected chi connectivity index (χ0v) is 17.1. The molecule has 0 heterocycles. The number of amides is 2. The summed E-state index contributed by atoms with van der Waals surface area (Å²) in [6.45, 7) is -1.07. The quantitative estimate of drug-likeness (QED) is 0.158. The fraction of sp³-hybridized carbons (Fsp3) is 0.647. The minimum absolute atomic E-state index is 0.229. The zero-order chi connectivity index (χ0) is 24.7. The maximum atomic E-state index is 12.5. The highest BCUT2D eigenvalue weighted by atomic mass is 16.4. The second kappa shape index (κ2) is 15.2. The van der Waals surface area contributed by atoms with Crippen LogP contribution in [0.5, 0.6) is 0 Å². The van der Waals surface area contributed by atoms with E-state index in [2.05, 4.69) is 20.9 Å². The molecule has 0 radical (unpaired) electrons. The molecule has 0 aliphatic carbocycles. The maximum Gasteiger partial charge on any atom is 0.326 e. The van der Waals surface area contributed by atoms with Gasteiger partial charge in [-0.05, 0) is 19.3 Å². The number of rotatable bonds is 18. The van der Waals surface area contributed by atoms with Gasteiger partial charge in [-0.3, -0.25) is 24.0 Å². The van der Waals surface area contributed by atoms with Gasteiger partial charge in [-0.1, -0.05) is 0 Å². The number of carbonyl (C=O) groups excluding carboxylic acids is 4. The van der Waals surface area contributed by atoms with Gasteiger partial charge in [-0.25, -0.2) is 4.79 Å². The molecule has 0 rings (SSSR count). The number of carbonyl (C=O) groups is 6. The normalized spacial score (nSPS) is 13.2. The van der Waals surface area contributed by atoms with Gasteiger partial charge >= 0.3 is 11.9 Å². The second-order valence-corrected chi connectivity index (χ2v) is 6.76. The molecule has 15 heteroatoms. The molecule has 6 N–H and O–H groups in total. The van der Waals surface area contributed by atoms with E-state index in [0.717, 1.165) is 0 Å². The summed E-state index contributed by atoms with van der Waals surface area (Å²) in [5.74, 6) is -5.61. The summed E-state index contributed by atoms with van der Waals surface area (Å²) >= 11 is 0. The first-order valence-corrected chi connectivity index (χ1v) is 9.47. The van der Waals surface area contributed by atoms with Crippen molar-refractivity contribution in [2.45, 2.75) is 56.7 Å². The summed E-state index contributed by atoms with van der Waals surface area (Å²) in [6.07, 6.45) is -1.74. The van der Waals surface area contributed by atoms with Crippen molar-refractivity contribution >= 4 is 35.3 Å². The van der Waals surface area contributed by atoms with Crippen LogP contribution in [-0.2, 0) is 28.8 Å². The van der Waals surface area contributed by atoms with Crippen molar-refractivity contribution in [3.63, 3.8) is 0 Å². The van der Waals surface area contributed by atoms with E-state index in [9.17, 15) is 33.9 Å². The van der Waals surface area contributed by atoms with E-state index >= 15 is 0 Å². The minimum atomic E-state index is -1.51. The highest BCUT2D eigenvalue weighted by Gasteiger charge is 2.27. The van der Waals surface area contributed by atoms with Gasteiger partial charge in [0.15, 0.2) is 11.6 Å². The maximum absolute atomic E-state index is 12.5. The van der Waals surface area contributed by atoms with E-state index < -0.39 is 66.5 Å². The van der Waals surface area contributed by atoms with Crippen LogP contribution in [-0.4, -0.2) is 76.7 Å². The van der Waals surface area contributed by atoms with Gasteiger partial charge in [0.1, 0.15) is 18.1 Å². The fourth-order valence-corrected chi connectivity index (χ4v) is 2.40. The van der Waals surface area contributed by atoms with Crippen LogP contribution in [0.1, 0.15) is 38.5 Å². The van der Waals surface area contributed by atoms with Gasteiger partial charge in [0.05, 0.1) is 13.1 Å². The summed E-state index contributed by atoms with van der Waals surface area (Å²) in [5, 5.41) is 27.8. The third-order valence-corrected chi connectivity index (χ3v) is 4.18. The largest absolute Gasteiger partial charge is 0.712 e. The Balaban J connectivity index is 5.17. The molecule has 0 saturated carbocycles. The Bertz CT molecular complexity index is 742. The van der Waals surface area contributed by atoms with Crippen molar-refractivity contribution in [3.05, 3.63) is 11.1 Å². The first-order chi connectivity index (χ1) is 15.0. The van der Waals surface area contributed by atoms with Crippen molar-refractivity contribution in [1.29, 1.82) is 0 Å². The number of carboxylic acid groups (broad SMARTS) is 2. The van der Waals surface area contributed by atoms with E-state index in [1.54, 1.807) is 0 Å². The first-order valence-electron chi connectivity index (χ1n) is 9.47. The van der Waals surface area contributed by atoms with Gasteiger partial charge in [0.2, 0.25) is 11.8 Å². The second-order valence-electron chi connectivity index (χ2n) is 6.76. The lowest BCUT2D eigenvalue weighted by molar-refractivity contribution is -0.142. The van der Waals surface area contributed by atoms with Gasteiger partial charge in [0, 0.05) is 19.3 Å². The standard InChI is InChI=1S/C17H25N7O8/c18-11(16(29)30)3-6-14(27)23-12(4-1-9(25)7-21-19)15(28)24-13(17(31)32)5-2-10(26)8-22-20/h11-13H,1-8,18H2,(H,23,27)(H,24,28)(H,29,30)(H,31,32)/q-2/t11-,12-,13-/m0/s1. The SMILES string of the molecule is [N-]=NCC(=O)CC[C@H](NC(=O)[C@H](CCC(=O)CN=[N-])NC(=O)CC[C@H](N)C(=O)O)C(=O)O. The average molecular weight is 455 g/mol. The molecule has 3 atom stereocenters. The average Bonchev–Trinajstić information content (AvgIpc) is 2.72. The lowest BCUT2D eigenvalue weighted by atomic mass is 10.0. The Labute approximate surface area is 182 Å². The van der Waals surface area contributed by atoms with Crippen LogP contribution < -0.4 is 16.4 Å². The van der Waals surface area contributed by atoms with Crippen LogP contribution >= 0.6 is 0 Å². The zero-order valence-electron chi connectivity index (χ0n) is 17.1. The Morgan fingerprint density at radius 3 is 1.69 bits per heavy atom. The van der Waals surface area contributed by atoms with Crippen LogP contribution in [0.3, 0.4) is 0 Å². The van der Waals surface area contributed by atoms with E-state index in [1.165, 1.54) is 0 Å². The minimum Gasteiger partial charge on any atom is -0.712 e. The molecule has 0 bridgehead atoms. The highest BCUT2D eigenvalue weighted by Crippen LogP contribution is 2.06. The van der Waals surface area contributed by atoms with Crippen molar-refractivity contribution in [3.8, 4) is 0 Å². The Kier molecular flexibility index (Phi) is 13.5. The predicted octanol–water partition coefficient (Wildman–Crippen LogP) is -1.03. The molecule has 0 saturated heterocycles. The number of hydrogen-bond acceptors (Lipinski definition) is 9. The Hall–Kier alpha value is -3.62. The number of hydrogen-bond donors (Lipinski definition) is 5. The summed E-state index contributed by atoms with van der Waals surface area (Å²) in [5.41, 5.74) is 22.1. The molecule has 0 aliphatic rings. The lowest BCUT2D eigenvalue weighted by Gasteiger charge is -2.21. The van der Waals surface area contributed by atoms with Crippen LogP contribution in [0, 0.1) is 0 Å². The topological polar surface area (TPSA) is 262 Å². The van der Waals surface area contributed by atoms with Crippen LogP contribution in [0.4, 0.5) is 0 Å². The number of nitrogens with two attached hydrogens (primary N) is 1. The number of Topliss-reactive ketones (excluding diaryl/α,β-unsaturated/α-hetero) is 2. The number of nitrogens with one attached hydrogen (secondary N) is 2. The molecular formula is C17H25N7O8-2. The number of carboxylic acids is 2. The highest BCUT2D eigenvalue weighted by molar-refractivity contribution is 5.91. The summed E-state index contributed by atoms with van der Waals surface area (Å²) in [4.78, 5) is 69.7. The first kappa shape index (κ1) is 28.4. The molecule has 32 heavy (non-hydrogen) atoms. The van der Waals surface area contributed by atoms with Gasteiger partial charge in [-0.15, -0.1) is 0 Å².